The van der Waals surface area contributed by atoms with Crippen LogP contribution in [0, 0.1) is 0 Å². The maximum absolute atomic E-state index is 13.2. The van der Waals surface area contributed by atoms with Crippen molar-refractivity contribution in [3.8, 4) is 0 Å². The molecule has 0 aliphatic carbocycles. The zero-order valence-electron chi connectivity index (χ0n) is 21.8. The molecule has 2 aromatic rings. The van der Waals surface area contributed by atoms with E-state index in [1.165, 1.54) is 0 Å². The number of carbonyl (C=O) groups is 2. The summed E-state index contributed by atoms with van der Waals surface area (Å²) in [6.07, 6.45) is 3.29. The molecule has 2 fully saturated rings. The van der Waals surface area contributed by atoms with Gasteiger partial charge in [0.05, 0.1) is 12.4 Å². The number of rotatable bonds is 10. The van der Waals surface area contributed by atoms with Crippen LogP contribution >= 0.6 is 0 Å². The SMILES string of the molecule is CCCCCNC(=O)C(c1ccccc1)N1CCN(c2ccc(N3NCN(C(C)C)C3=O)cc2)CC1. The minimum atomic E-state index is -0.270. The first kappa shape index (κ1) is 26.0. The van der Waals surface area contributed by atoms with E-state index in [0.29, 0.717) is 6.67 Å². The van der Waals surface area contributed by atoms with Gasteiger partial charge in [0.25, 0.3) is 0 Å². The van der Waals surface area contributed by atoms with E-state index in [0.717, 1.165) is 68.9 Å². The highest BCUT2D eigenvalue weighted by Crippen LogP contribution is 2.27. The number of hydrazine groups is 1. The lowest BCUT2D eigenvalue weighted by Crippen LogP contribution is -2.51. The van der Waals surface area contributed by atoms with Crippen molar-refractivity contribution in [3.05, 3.63) is 60.2 Å². The number of hydrogen-bond acceptors (Lipinski definition) is 5. The Balaban J connectivity index is 1.37. The van der Waals surface area contributed by atoms with Crippen LogP contribution in [0.15, 0.2) is 54.6 Å². The normalized spacial score (nSPS) is 17.7. The molecule has 0 saturated carbocycles. The average Bonchev–Trinajstić information content (AvgIpc) is 3.29. The minimum Gasteiger partial charge on any atom is -0.369 e. The Morgan fingerprint density at radius 1 is 0.944 bits per heavy atom. The molecule has 194 valence electrons. The summed E-state index contributed by atoms with van der Waals surface area (Å²) in [5.41, 5.74) is 6.19. The lowest BCUT2D eigenvalue weighted by molar-refractivity contribution is -0.126. The molecular formula is C28H40N6O2. The fraction of sp³-hybridized carbons (Fsp3) is 0.500. The quantitative estimate of drug-likeness (QED) is 0.491. The number of nitrogens with zero attached hydrogens (tertiary/aromatic N) is 4. The van der Waals surface area contributed by atoms with Crippen LogP contribution in [-0.2, 0) is 4.79 Å². The molecule has 0 bridgehead atoms. The van der Waals surface area contributed by atoms with Crippen LogP contribution in [0.1, 0.15) is 51.6 Å². The molecule has 2 aliphatic heterocycles. The predicted molar refractivity (Wildman–Crippen MR) is 145 cm³/mol. The highest BCUT2D eigenvalue weighted by atomic mass is 16.2. The number of carbonyl (C=O) groups excluding carboxylic acids is 2. The Bertz CT molecular complexity index is 989. The van der Waals surface area contributed by atoms with Gasteiger partial charge in [-0.15, -0.1) is 0 Å². The summed E-state index contributed by atoms with van der Waals surface area (Å²) in [5, 5.41) is 4.78. The van der Waals surface area contributed by atoms with Crippen molar-refractivity contribution in [1.29, 1.82) is 0 Å². The Hall–Kier alpha value is -3.10. The molecule has 1 atom stereocenters. The van der Waals surface area contributed by atoms with Crippen molar-refractivity contribution in [3.63, 3.8) is 0 Å². The van der Waals surface area contributed by atoms with Gasteiger partial charge in [-0.1, -0.05) is 50.1 Å². The van der Waals surface area contributed by atoms with Crippen LogP contribution < -0.4 is 20.7 Å². The number of urea groups is 1. The van der Waals surface area contributed by atoms with Crippen molar-refractivity contribution in [1.82, 2.24) is 20.5 Å². The summed E-state index contributed by atoms with van der Waals surface area (Å²) < 4.78 is 0. The molecule has 2 aliphatic rings. The molecule has 8 nitrogen and oxygen atoms in total. The van der Waals surface area contributed by atoms with Crippen LogP contribution in [0.2, 0.25) is 0 Å². The van der Waals surface area contributed by atoms with Gasteiger partial charge >= 0.3 is 6.03 Å². The van der Waals surface area contributed by atoms with Crippen molar-refractivity contribution in [2.75, 3.05) is 49.3 Å². The summed E-state index contributed by atoms with van der Waals surface area (Å²) in [6.45, 7) is 10.7. The Morgan fingerprint density at radius 3 is 2.22 bits per heavy atom. The highest BCUT2D eigenvalue weighted by Gasteiger charge is 2.32. The van der Waals surface area contributed by atoms with E-state index in [1.54, 1.807) is 9.91 Å². The van der Waals surface area contributed by atoms with Gasteiger partial charge in [0.2, 0.25) is 5.91 Å². The summed E-state index contributed by atoms with van der Waals surface area (Å²) in [4.78, 5) is 32.3. The molecule has 2 saturated heterocycles. The third kappa shape index (κ3) is 5.99. The lowest BCUT2D eigenvalue weighted by atomic mass is 10.0. The summed E-state index contributed by atoms with van der Waals surface area (Å²) in [7, 11) is 0. The van der Waals surface area contributed by atoms with Crippen LogP contribution in [0.3, 0.4) is 0 Å². The summed E-state index contributed by atoms with van der Waals surface area (Å²) in [5.74, 6) is 0.0910. The largest absolute Gasteiger partial charge is 0.369 e. The van der Waals surface area contributed by atoms with E-state index in [1.807, 2.05) is 44.2 Å². The number of amides is 3. The van der Waals surface area contributed by atoms with Crippen LogP contribution in [0.5, 0.6) is 0 Å². The predicted octanol–water partition coefficient (Wildman–Crippen LogP) is 3.97. The topological polar surface area (TPSA) is 71.2 Å². The van der Waals surface area contributed by atoms with E-state index in [4.69, 9.17) is 0 Å². The monoisotopic (exact) mass is 492 g/mol. The molecule has 3 amide bonds. The number of hydrogen-bond donors (Lipinski definition) is 2. The summed E-state index contributed by atoms with van der Waals surface area (Å²) in [6, 6.07) is 18.1. The molecule has 0 spiro atoms. The van der Waals surface area contributed by atoms with Crippen LogP contribution in [0.25, 0.3) is 0 Å². The molecule has 0 radical (unpaired) electrons. The first-order valence-electron chi connectivity index (χ1n) is 13.3. The second kappa shape index (κ2) is 12.2. The van der Waals surface area contributed by atoms with Gasteiger partial charge in [0, 0.05) is 44.5 Å². The first-order valence-corrected chi connectivity index (χ1v) is 13.3. The number of benzene rings is 2. The van der Waals surface area contributed by atoms with Crippen molar-refractivity contribution in [2.24, 2.45) is 0 Å². The zero-order chi connectivity index (χ0) is 25.5. The van der Waals surface area contributed by atoms with Gasteiger partial charge in [-0.05, 0) is 50.1 Å². The van der Waals surface area contributed by atoms with Crippen LogP contribution in [0.4, 0.5) is 16.2 Å². The summed E-state index contributed by atoms with van der Waals surface area (Å²) >= 11 is 0. The minimum absolute atomic E-state index is 0.0220. The lowest BCUT2D eigenvalue weighted by Gasteiger charge is -2.40. The van der Waals surface area contributed by atoms with E-state index in [-0.39, 0.29) is 24.0 Å². The molecule has 2 N–H and O–H groups in total. The molecular weight excluding hydrogens is 452 g/mol. The van der Waals surface area contributed by atoms with Crippen molar-refractivity contribution < 1.29 is 9.59 Å². The van der Waals surface area contributed by atoms with E-state index in [9.17, 15) is 9.59 Å². The first-order chi connectivity index (χ1) is 17.5. The smallest absolute Gasteiger partial charge is 0.340 e. The van der Waals surface area contributed by atoms with Gasteiger partial charge in [0.15, 0.2) is 0 Å². The Morgan fingerprint density at radius 2 is 1.61 bits per heavy atom. The number of unbranched alkanes of at least 4 members (excludes halogenated alkanes) is 2. The average molecular weight is 493 g/mol. The molecule has 8 heteroatoms. The van der Waals surface area contributed by atoms with Gasteiger partial charge < -0.3 is 15.1 Å². The van der Waals surface area contributed by atoms with E-state index >= 15 is 0 Å². The van der Waals surface area contributed by atoms with Crippen molar-refractivity contribution >= 4 is 23.3 Å². The van der Waals surface area contributed by atoms with Gasteiger partial charge in [0.1, 0.15) is 6.04 Å². The molecule has 0 aromatic heterocycles. The van der Waals surface area contributed by atoms with Gasteiger partial charge in [-0.25, -0.2) is 15.2 Å². The number of piperazine rings is 1. The molecule has 2 heterocycles. The van der Waals surface area contributed by atoms with Gasteiger partial charge in [-0.3, -0.25) is 9.69 Å². The molecule has 2 aromatic carbocycles. The highest BCUT2D eigenvalue weighted by molar-refractivity contribution is 5.93. The van der Waals surface area contributed by atoms with Crippen LogP contribution in [-0.4, -0.2) is 67.2 Å². The molecule has 4 rings (SSSR count). The van der Waals surface area contributed by atoms with Gasteiger partial charge in [-0.2, -0.15) is 0 Å². The fourth-order valence-electron chi connectivity index (χ4n) is 4.91. The zero-order valence-corrected chi connectivity index (χ0v) is 21.8. The second-order valence-electron chi connectivity index (χ2n) is 9.85. The molecule has 36 heavy (non-hydrogen) atoms. The van der Waals surface area contributed by atoms with E-state index in [2.05, 4.69) is 51.7 Å². The third-order valence-electron chi connectivity index (χ3n) is 7.06. The second-order valence-corrected chi connectivity index (χ2v) is 9.85. The number of nitrogens with one attached hydrogen (secondary N) is 2. The maximum Gasteiger partial charge on any atom is 0.340 e. The Kier molecular flexibility index (Phi) is 8.83. The number of anilines is 2. The standard InChI is InChI=1S/C28H40N6O2/c1-4-5-9-16-29-27(35)26(23-10-7-6-8-11-23)32-19-17-31(18-20-32)24-12-14-25(15-13-24)34-28(36)33(21-30-34)22(2)3/h6-8,10-15,22,26,30H,4-5,9,16-21H2,1-3H3,(H,29,35). The maximum atomic E-state index is 13.2. The third-order valence-corrected chi connectivity index (χ3v) is 7.06. The van der Waals surface area contributed by atoms with E-state index < -0.39 is 0 Å². The molecule has 1 unspecified atom stereocenters. The Labute approximate surface area is 215 Å². The van der Waals surface area contributed by atoms with Crippen molar-refractivity contribution in [2.45, 2.75) is 52.1 Å². The fourth-order valence-corrected chi connectivity index (χ4v) is 4.91.